The van der Waals surface area contributed by atoms with Crippen LogP contribution in [0.4, 0.5) is 5.82 Å². The molecule has 150 valence electrons. The van der Waals surface area contributed by atoms with Gasteiger partial charge in [0.05, 0.1) is 6.54 Å². The molecule has 0 bridgehead atoms. The first-order chi connectivity index (χ1) is 13.0. The fourth-order valence-corrected chi connectivity index (χ4v) is 3.76. The van der Waals surface area contributed by atoms with Gasteiger partial charge in [0.15, 0.2) is 11.5 Å². The SMILES string of the molecule is C=CCn1c(=O)c2cnc(S(C)(=O)=O)nc2n1-c1cccc(N[SH](C)(C)=O)n1. The van der Waals surface area contributed by atoms with E-state index in [2.05, 4.69) is 26.3 Å². The Hall–Kier alpha value is -2.86. The number of allylic oxidation sites excluding steroid dienone is 1. The third-order valence-electron chi connectivity index (χ3n) is 3.62. The Morgan fingerprint density at radius 3 is 2.61 bits per heavy atom. The summed E-state index contributed by atoms with van der Waals surface area (Å²) >= 11 is 0. The zero-order valence-electron chi connectivity index (χ0n) is 15.5. The molecular formula is C16H20N6O4S2. The van der Waals surface area contributed by atoms with Gasteiger partial charge in [0.25, 0.3) is 5.56 Å². The van der Waals surface area contributed by atoms with Gasteiger partial charge in [-0.05, 0) is 22.3 Å². The van der Waals surface area contributed by atoms with Gasteiger partial charge in [-0.15, -0.1) is 6.58 Å². The van der Waals surface area contributed by atoms with Gasteiger partial charge in [0.2, 0.25) is 15.0 Å². The molecule has 0 saturated carbocycles. The van der Waals surface area contributed by atoms with Crippen LogP contribution in [0.5, 0.6) is 0 Å². The van der Waals surface area contributed by atoms with Crippen LogP contribution in [0.25, 0.3) is 16.9 Å². The van der Waals surface area contributed by atoms with Crippen LogP contribution in [0, 0.1) is 0 Å². The molecular weight excluding hydrogens is 404 g/mol. The summed E-state index contributed by atoms with van der Waals surface area (Å²) in [7, 11) is -6.29. The van der Waals surface area contributed by atoms with Crippen molar-refractivity contribution < 1.29 is 12.6 Å². The second-order valence-electron chi connectivity index (χ2n) is 6.49. The van der Waals surface area contributed by atoms with Gasteiger partial charge in [0, 0.05) is 25.0 Å². The smallest absolute Gasteiger partial charge is 0.278 e. The van der Waals surface area contributed by atoms with Crippen molar-refractivity contribution in [2.45, 2.75) is 11.7 Å². The highest BCUT2D eigenvalue weighted by molar-refractivity contribution is 8.02. The van der Waals surface area contributed by atoms with Crippen LogP contribution < -0.4 is 10.3 Å². The highest BCUT2D eigenvalue weighted by Crippen LogP contribution is 2.18. The Kier molecular flexibility index (Phi) is 4.93. The minimum absolute atomic E-state index is 0.100. The Morgan fingerprint density at radius 2 is 2.00 bits per heavy atom. The molecule has 0 aromatic carbocycles. The van der Waals surface area contributed by atoms with E-state index in [1.54, 1.807) is 30.7 Å². The number of aromatic nitrogens is 5. The highest BCUT2D eigenvalue weighted by Gasteiger charge is 2.20. The standard InChI is InChI=1S/C16H20N6O4S2/c1-5-9-21-15(23)11-10-17-16(28(4,25)26)19-14(11)22(21)13-8-6-7-12(18-13)20-27(2,3)24/h5-8,10,27H,1,9H2,2-4H3,(H,18,20,24). The van der Waals surface area contributed by atoms with Gasteiger partial charge in [-0.25, -0.2) is 27.7 Å². The van der Waals surface area contributed by atoms with Gasteiger partial charge < -0.3 is 4.72 Å². The third-order valence-corrected chi connectivity index (χ3v) is 5.25. The Balaban J connectivity index is 2.34. The first-order valence-electron chi connectivity index (χ1n) is 8.11. The maximum Gasteiger partial charge on any atom is 0.278 e. The Bertz CT molecular complexity index is 1290. The van der Waals surface area contributed by atoms with Crippen molar-refractivity contribution in [1.82, 2.24) is 24.3 Å². The van der Waals surface area contributed by atoms with Crippen molar-refractivity contribution in [3.8, 4) is 5.82 Å². The molecule has 0 radical (unpaired) electrons. The van der Waals surface area contributed by atoms with Crippen molar-refractivity contribution in [3.05, 3.63) is 47.4 Å². The largest absolute Gasteiger partial charge is 0.312 e. The van der Waals surface area contributed by atoms with Crippen LogP contribution in [0.1, 0.15) is 0 Å². The molecule has 28 heavy (non-hydrogen) atoms. The second kappa shape index (κ2) is 6.95. The molecule has 0 aliphatic carbocycles. The molecule has 0 atom stereocenters. The normalized spacial score (nSPS) is 12.8. The average Bonchev–Trinajstić information content (AvgIpc) is 2.85. The molecule has 3 rings (SSSR count). The minimum atomic E-state index is -3.68. The summed E-state index contributed by atoms with van der Waals surface area (Å²) in [5, 5.41) is -0.253. The summed E-state index contributed by atoms with van der Waals surface area (Å²) in [4.78, 5) is 25.0. The third kappa shape index (κ3) is 3.87. The summed E-state index contributed by atoms with van der Waals surface area (Å²) in [6, 6.07) is 4.94. The van der Waals surface area contributed by atoms with Crippen LogP contribution in [0.3, 0.4) is 0 Å². The molecule has 0 aliphatic heterocycles. The number of thiol groups is 1. The average molecular weight is 425 g/mol. The zero-order valence-corrected chi connectivity index (χ0v) is 17.2. The van der Waals surface area contributed by atoms with Crippen LogP contribution in [-0.4, -0.2) is 55.7 Å². The molecule has 0 aliphatic rings. The Morgan fingerprint density at radius 1 is 1.29 bits per heavy atom. The van der Waals surface area contributed by atoms with Crippen LogP contribution in [-0.2, 0) is 26.5 Å². The van der Waals surface area contributed by atoms with Crippen molar-refractivity contribution in [3.63, 3.8) is 0 Å². The Labute approximate surface area is 162 Å². The predicted octanol–water partition coefficient (Wildman–Crippen LogP) is 0.170. The first-order valence-corrected chi connectivity index (χ1v) is 12.6. The summed E-state index contributed by atoms with van der Waals surface area (Å²) in [5.74, 6) is 0.647. The van der Waals surface area contributed by atoms with Gasteiger partial charge >= 0.3 is 0 Å². The van der Waals surface area contributed by atoms with Crippen molar-refractivity contribution in [1.29, 1.82) is 0 Å². The van der Waals surface area contributed by atoms with E-state index < -0.39 is 30.7 Å². The topological polar surface area (TPSA) is 129 Å². The molecule has 3 aromatic heterocycles. The van der Waals surface area contributed by atoms with E-state index in [1.165, 1.54) is 21.6 Å². The van der Waals surface area contributed by atoms with E-state index in [1.807, 2.05) is 0 Å². The van der Waals surface area contributed by atoms with Crippen LogP contribution >= 0.6 is 0 Å². The number of rotatable bonds is 6. The van der Waals surface area contributed by atoms with Gasteiger partial charge in [-0.1, -0.05) is 12.1 Å². The predicted molar refractivity (Wildman–Crippen MR) is 109 cm³/mol. The van der Waals surface area contributed by atoms with E-state index in [0.717, 1.165) is 6.26 Å². The number of anilines is 1. The van der Waals surface area contributed by atoms with Crippen molar-refractivity contribution in [2.75, 3.05) is 23.5 Å². The number of hydrogen-bond donors (Lipinski definition) is 2. The van der Waals surface area contributed by atoms with E-state index in [4.69, 9.17) is 0 Å². The molecule has 3 heterocycles. The molecule has 0 saturated heterocycles. The molecule has 1 N–H and O–H groups in total. The quantitative estimate of drug-likeness (QED) is 0.328. The van der Waals surface area contributed by atoms with E-state index in [0.29, 0.717) is 11.6 Å². The number of hydrogen-bond acceptors (Lipinski definition) is 7. The lowest BCUT2D eigenvalue weighted by molar-refractivity contribution is 0.587. The van der Waals surface area contributed by atoms with Gasteiger partial charge in [-0.3, -0.25) is 9.00 Å². The summed E-state index contributed by atoms with van der Waals surface area (Å²) in [6.07, 6.45) is 6.82. The molecule has 0 spiro atoms. The van der Waals surface area contributed by atoms with Gasteiger partial charge in [-0.2, -0.15) is 4.98 Å². The zero-order chi connectivity index (χ0) is 20.7. The van der Waals surface area contributed by atoms with Crippen LogP contribution in [0.2, 0.25) is 0 Å². The molecule has 0 fully saturated rings. The highest BCUT2D eigenvalue weighted by atomic mass is 32.3. The molecule has 0 unspecified atom stereocenters. The summed E-state index contributed by atoms with van der Waals surface area (Å²) < 4.78 is 41.3. The maximum atomic E-state index is 12.8. The molecule has 3 aromatic rings. The number of nitrogens with zero attached hydrogens (tertiary/aromatic N) is 5. The van der Waals surface area contributed by atoms with E-state index in [9.17, 15) is 17.4 Å². The molecule has 0 amide bonds. The summed E-state index contributed by atoms with van der Waals surface area (Å²) in [5.41, 5.74) is -0.310. The fourth-order valence-electron chi connectivity index (χ4n) is 2.59. The lowest BCUT2D eigenvalue weighted by Gasteiger charge is -2.16. The van der Waals surface area contributed by atoms with Crippen molar-refractivity contribution in [2.24, 2.45) is 0 Å². The monoisotopic (exact) mass is 424 g/mol. The number of nitrogens with one attached hydrogen (secondary N) is 1. The fraction of sp³-hybridized carbons (Fsp3) is 0.250. The lowest BCUT2D eigenvalue weighted by Crippen LogP contribution is -2.23. The van der Waals surface area contributed by atoms with Crippen LogP contribution in [0.15, 0.2) is 47.0 Å². The number of sulfone groups is 1. The van der Waals surface area contributed by atoms with Gasteiger partial charge in [0.1, 0.15) is 11.2 Å². The minimum Gasteiger partial charge on any atom is -0.312 e. The van der Waals surface area contributed by atoms with E-state index in [-0.39, 0.29) is 17.6 Å². The number of fused-ring (bicyclic) bond motifs is 1. The lowest BCUT2D eigenvalue weighted by atomic mass is 10.4. The number of pyridine rings is 1. The maximum absolute atomic E-state index is 12.8. The summed E-state index contributed by atoms with van der Waals surface area (Å²) in [6.45, 7) is 3.79. The molecule has 12 heteroatoms. The second-order valence-corrected chi connectivity index (χ2v) is 11.3. The van der Waals surface area contributed by atoms with E-state index >= 15 is 0 Å². The first kappa shape index (κ1) is 19.9. The molecule has 10 nitrogen and oxygen atoms in total. The van der Waals surface area contributed by atoms with Crippen molar-refractivity contribution >= 4 is 36.8 Å².